The number of primary amides is 1. The van der Waals surface area contributed by atoms with E-state index in [4.69, 9.17) is 10.5 Å². The van der Waals surface area contributed by atoms with Crippen LogP contribution in [-0.4, -0.2) is 91.3 Å². The lowest BCUT2D eigenvalue weighted by atomic mass is 10.0. The molecule has 44 heavy (non-hydrogen) atoms. The molecule has 1 rings (SSSR count). The van der Waals surface area contributed by atoms with Crippen LogP contribution in [0.2, 0.25) is 0 Å². The van der Waals surface area contributed by atoms with Crippen molar-refractivity contribution in [2.24, 2.45) is 11.7 Å². The summed E-state index contributed by atoms with van der Waals surface area (Å²) in [5.41, 5.74) is 5.95. The van der Waals surface area contributed by atoms with Crippen molar-refractivity contribution < 1.29 is 33.8 Å². The smallest absolute Gasteiger partial charge is 0.408 e. The molecule has 0 aromatic heterocycles. The van der Waals surface area contributed by atoms with E-state index in [1.54, 1.807) is 47.0 Å². The second-order valence-corrected chi connectivity index (χ2v) is 11.9. The second-order valence-electron chi connectivity index (χ2n) is 11.9. The summed E-state index contributed by atoms with van der Waals surface area (Å²) in [6.07, 6.45) is 1.70. The van der Waals surface area contributed by atoms with Gasteiger partial charge in [-0.25, -0.2) is 9.59 Å². The standard InChI is InChI=1S/C28H46N6O7.C3H8/c1-18(2)23(25(37)38)33(6)16-14-19-10-12-20(13-11-19)34(7)24(36)21(9-8-15-30-26(29)39)32-22(35)17-31-27(40)41-28(3,4)5;1-3-2/h10-13,18,21,23H,8-9,14-17H2,1-7H3,(H,31,40)(H,32,35)(H,37,38)(H3,29,30,39);3H2,1-2H3/t21-,23?;/m0./s1. The zero-order valence-corrected chi connectivity index (χ0v) is 27.9. The molecule has 0 aliphatic rings. The van der Waals surface area contributed by atoms with Crippen LogP contribution in [-0.2, 0) is 25.5 Å². The summed E-state index contributed by atoms with van der Waals surface area (Å²) in [6, 6.07) is 5.09. The molecule has 0 saturated heterocycles. The molecule has 0 saturated carbocycles. The van der Waals surface area contributed by atoms with Crippen molar-refractivity contribution in [3.05, 3.63) is 29.8 Å². The van der Waals surface area contributed by atoms with Gasteiger partial charge in [-0.1, -0.05) is 46.2 Å². The third-order valence-corrected chi connectivity index (χ3v) is 6.16. The van der Waals surface area contributed by atoms with Crippen LogP contribution in [0.5, 0.6) is 0 Å². The molecule has 1 unspecified atom stereocenters. The third kappa shape index (κ3) is 16.7. The fourth-order valence-corrected chi connectivity index (χ4v) is 4.16. The summed E-state index contributed by atoms with van der Waals surface area (Å²) >= 11 is 0. The number of alkyl carbamates (subject to hydrolysis) is 1. The number of ether oxygens (including phenoxy) is 1. The zero-order chi connectivity index (χ0) is 34.0. The number of rotatable bonds is 15. The fraction of sp³-hybridized carbons (Fsp3) is 0.645. The lowest BCUT2D eigenvalue weighted by Gasteiger charge is -2.27. The number of carboxylic acids is 1. The van der Waals surface area contributed by atoms with Gasteiger partial charge in [0, 0.05) is 25.8 Å². The Labute approximate surface area is 262 Å². The molecule has 0 aliphatic carbocycles. The van der Waals surface area contributed by atoms with E-state index in [9.17, 15) is 29.1 Å². The van der Waals surface area contributed by atoms with Gasteiger partial charge in [-0.3, -0.25) is 19.3 Å². The number of nitrogens with one attached hydrogen (secondary N) is 3. The van der Waals surface area contributed by atoms with Crippen molar-refractivity contribution in [3.8, 4) is 0 Å². The highest BCUT2D eigenvalue weighted by atomic mass is 16.6. The molecule has 0 fully saturated rings. The van der Waals surface area contributed by atoms with Crippen molar-refractivity contribution in [3.63, 3.8) is 0 Å². The van der Waals surface area contributed by atoms with Crippen molar-refractivity contribution in [2.45, 2.75) is 91.8 Å². The quantitative estimate of drug-likeness (QED) is 0.185. The van der Waals surface area contributed by atoms with E-state index < -0.39 is 41.7 Å². The first-order chi connectivity index (χ1) is 20.4. The Morgan fingerprint density at radius 1 is 1.00 bits per heavy atom. The third-order valence-electron chi connectivity index (χ3n) is 6.16. The molecule has 13 heteroatoms. The highest BCUT2D eigenvalue weighted by molar-refractivity contribution is 5.99. The Morgan fingerprint density at radius 3 is 2.05 bits per heavy atom. The molecular weight excluding hydrogens is 568 g/mol. The molecule has 0 bridgehead atoms. The maximum atomic E-state index is 13.4. The summed E-state index contributed by atoms with van der Waals surface area (Å²) < 4.78 is 5.12. The lowest BCUT2D eigenvalue weighted by molar-refractivity contribution is -0.144. The first-order valence-corrected chi connectivity index (χ1v) is 15.0. The molecule has 6 N–H and O–H groups in total. The number of nitrogens with two attached hydrogens (primary N) is 1. The molecule has 250 valence electrons. The number of benzene rings is 1. The van der Waals surface area contributed by atoms with Gasteiger partial charge >= 0.3 is 18.1 Å². The van der Waals surface area contributed by atoms with Crippen LogP contribution in [0.25, 0.3) is 0 Å². The average Bonchev–Trinajstić information content (AvgIpc) is 2.91. The number of nitrogens with zero attached hydrogens (tertiary/aromatic N) is 2. The number of hydrogen-bond donors (Lipinski definition) is 5. The number of hydrogen-bond acceptors (Lipinski definition) is 7. The van der Waals surface area contributed by atoms with Gasteiger partial charge in [-0.15, -0.1) is 0 Å². The Balaban J connectivity index is 0.00000590. The molecule has 13 nitrogen and oxygen atoms in total. The van der Waals surface area contributed by atoms with Crippen molar-refractivity contribution >= 4 is 35.6 Å². The maximum absolute atomic E-state index is 13.4. The molecule has 0 spiro atoms. The fourth-order valence-electron chi connectivity index (χ4n) is 4.16. The monoisotopic (exact) mass is 622 g/mol. The van der Waals surface area contributed by atoms with E-state index >= 15 is 0 Å². The van der Waals surface area contributed by atoms with Gasteiger partial charge in [-0.05, 0) is 70.7 Å². The van der Waals surface area contributed by atoms with Gasteiger partial charge in [0.25, 0.3) is 0 Å². The van der Waals surface area contributed by atoms with E-state index in [0.717, 1.165) is 5.56 Å². The number of amides is 5. The van der Waals surface area contributed by atoms with Crippen LogP contribution in [0, 0.1) is 5.92 Å². The maximum Gasteiger partial charge on any atom is 0.408 e. The summed E-state index contributed by atoms with van der Waals surface area (Å²) in [7, 11) is 3.38. The van der Waals surface area contributed by atoms with Crippen LogP contribution in [0.4, 0.5) is 15.3 Å². The SMILES string of the molecule is CC(C)C(C(=O)O)N(C)CCc1ccc(N(C)C(=O)[C@H](CCCNC(N)=O)NC(=O)CNC(=O)OC(C)(C)C)cc1.CCC. The number of carbonyl (C=O) groups excluding carboxylic acids is 4. The number of carboxylic acid groups (broad SMARTS) is 1. The number of likely N-dealkylation sites (N-methyl/N-ethyl adjacent to an activating group) is 2. The minimum atomic E-state index is -0.931. The largest absolute Gasteiger partial charge is 0.480 e. The van der Waals surface area contributed by atoms with E-state index in [1.165, 1.54) is 11.3 Å². The van der Waals surface area contributed by atoms with Crippen LogP contribution < -0.4 is 26.6 Å². The first kappa shape index (κ1) is 40.1. The van der Waals surface area contributed by atoms with Crippen molar-refractivity contribution in [1.82, 2.24) is 20.9 Å². The summed E-state index contributed by atoms with van der Waals surface area (Å²) in [5.74, 6) is -1.85. The van der Waals surface area contributed by atoms with Crippen LogP contribution >= 0.6 is 0 Å². The van der Waals surface area contributed by atoms with Gasteiger partial charge < -0.3 is 36.4 Å². The molecule has 1 aromatic carbocycles. The van der Waals surface area contributed by atoms with Gasteiger partial charge in [-0.2, -0.15) is 0 Å². The number of urea groups is 1. The van der Waals surface area contributed by atoms with E-state index in [0.29, 0.717) is 25.1 Å². The Morgan fingerprint density at radius 2 is 1.57 bits per heavy atom. The van der Waals surface area contributed by atoms with Gasteiger partial charge in [0.05, 0.1) is 0 Å². The number of carbonyl (C=O) groups is 5. The highest BCUT2D eigenvalue weighted by Gasteiger charge is 2.27. The summed E-state index contributed by atoms with van der Waals surface area (Å²) in [5, 5.41) is 17.0. The summed E-state index contributed by atoms with van der Waals surface area (Å²) in [6.45, 7) is 13.5. The van der Waals surface area contributed by atoms with Crippen molar-refractivity contribution in [1.29, 1.82) is 0 Å². The Kier molecular flexibility index (Phi) is 18.4. The zero-order valence-electron chi connectivity index (χ0n) is 27.9. The predicted molar refractivity (Wildman–Crippen MR) is 171 cm³/mol. The molecule has 0 aliphatic heterocycles. The van der Waals surface area contributed by atoms with Crippen LogP contribution in [0.3, 0.4) is 0 Å². The van der Waals surface area contributed by atoms with E-state index in [1.807, 2.05) is 30.9 Å². The van der Waals surface area contributed by atoms with Gasteiger partial charge in [0.2, 0.25) is 11.8 Å². The number of anilines is 1. The molecule has 0 radical (unpaired) electrons. The Bertz CT molecular complexity index is 1060. The first-order valence-electron chi connectivity index (χ1n) is 15.0. The topological polar surface area (TPSA) is 183 Å². The lowest BCUT2D eigenvalue weighted by Crippen LogP contribution is -2.50. The van der Waals surface area contributed by atoms with E-state index in [2.05, 4.69) is 29.8 Å². The normalized spacial score (nSPS) is 12.3. The molecule has 2 atom stereocenters. The second kappa shape index (κ2) is 20.2. The molecule has 1 aromatic rings. The minimum absolute atomic E-state index is 0.0346. The average molecular weight is 623 g/mol. The molecule has 0 heterocycles. The Hall–Kier alpha value is -3.87. The predicted octanol–water partition coefficient (Wildman–Crippen LogP) is 3.11. The van der Waals surface area contributed by atoms with Crippen LogP contribution in [0.15, 0.2) is 24.3 Å². The van der Waals surface area contributed by atoms with Crippen molar-refractivity contribution in [2.75, 3.05) is 38.6 Å². The minimum Gasteiger partial charge on any atom is -0.480 e. The number of aliphatic carboxylic acids is 1. The molecular formula is C31H54N6O7. The van der Waals surface area contributed by atoms with Gasteiger partial charge in [0.15, 0.2) is 0 Å². The van der Waals surface area contributed by atoms with Gasteiger partial charge in [0.1, 0.15) is 24.2 Å². The summed E-state index contributed by atoms with van der Waals surface area (Å²) in [4.78, 5) is 63.6. The van der Waals surface area contributed by atoms with E-state index in [-0.39, 0.29) is 31.3 Å². The van der Waals surface area contributed by atoms with Crippen LogP contribution in [0.1, 0.15) is 73.3 Å². The molecule has 5 amide bonds. The highest BCUT2D eigenvalue weighted by Crippen LogP contribution is 2.17.